The van der Waals surface area contributed by atoms with Crippen LogP contribution in [-0.2, 0) is 9.59 Å². The van der Waals surface area contributed by atoms with Gasteiger partial charge in [0.05, 0.1) is 17.7 Å². The standard InChI is InChI=1S/C15H18N2O2S2/c18-12-16-8-4-10-20-15(14-6-2-1-3-7-14)21-11-5-9-17-13-19/h1-3,6-7,15H,4-5,8-11H2. The molecule has 4 nitrogen and oxygen atoms in total. The molecule has 0 aliphatic rings. The average Bonchev–Trinajstić information content (AvgIpc) is 2.53. The fourth-order valence-corrected chi connectivity index (χ4v) is 4.29. The van der Waals surface area contributed by atoms with Crippen LogP contribution in [0.25, 0.3) is 0 Å². The van der Waals surface area contributed by atoms with E-state index in [0.717, 1.165) is 24.3 Å². The Morgan fingerprint density at radius 1 is 0.905 bits per heavy atom. The highest BCUT2D eigenvalue weighted by Crippen LogP contribution is 2.39. The van der Waals surface area contributed by atoms with Gasteiger partial charge in [0.1, 0.15) is 0 Å². The lowest BCUT2D eigenvalue weighted by atomic mass is 10.2. The van der Waals surface area contributed by atoms with Gasteiger partial charge in [-0.2, -0.15) is 0 Å². The minimum Gasteiger partial charge on any atom is -0.211 e. The molecule has 0 aliphatic heterocycles. The Morgan fingerprint density at radius 2 is 1.43 bits per heavy atom. The average molecular weight is 322 g/mol. The fourth-order valence-electron chi connectivity index (χ4n) is 1.61. The number of isocyanates is 2. The Kier molecular flexibility index (Phi) is 10.5. The molecule has 0 bridgehead atoms. The maximum absolute atomic E-state index is 10.0. The highest BCUT2D eigenvalue weighted by Gasteiger charge is 2.11. The van der Waals surface area contributed by atoms with E-state index >= 15 is 0 Å². The Balaban J connectivity index is 2.42. The van der Waals surface area contributed by atoms with Crippen LogP contribution < -0.4 is 0 Å². The molecule has 1 rings (SSSR count). The van der Waals surface area contributed by atoms with Crippen molar-refractivity contribution in [3.05, 3.63) is 35.9 Å². The van der Waals surface area contributed by atoms with Crippen molar-refractivity contribution < 1.29 is 9.59 Å². The highest BCUT2D eigenvalue weighted by molar-refractivity contribution is 8.16. The molecule has 0 N–H and O–H groups in total. The smallest absolute Gasteiger partial charge is 0.211 e. The zero-order valence-electron chi connectivity index (χ0n) is 11.7. The first-order valence-electron chi connectivity index (χ1n) is 6.74. The summed E-state index contributed by atoms with van der Waals surface area (Å²) >= 11 is 3.71. The van der Waals surface area contributed by atoms with Gasteiger partial charge in [0.2, 0.25) is 12.2 Å². The molecule has 6 heteroatoms. The second-order valence-corrected chi connectivity index (χ2v) is 6.86. The Morgan fingerprint density at radius 3 is 1.90 bits per heavy atom. The lowest BCUT2D eigenvalue weighted by molar-refractivity contribution is 0.562. The van der Waals surface area contributed by atoms with E-state index in [4.69, 9.17) is 0 Å². The largest absolute Gasteiger partial charge is 0.234 e. The number of benzene rings is 1. The quantitative estimate of drug-likeness (QED) is 0.270. The van der Waals surface area contributed by atoms with Gasteiger partial charge in [-0.25, -0.2) is 19.6 Å². The van der Waals surface area contributed by atoms with Crippen LogP contribution in [0.5, 0.6) is 0 Å². The molecule has 0 aromatic heterocycles. The number of aliphatic imine (C=N–C) groups is 2. The van der Waals surface area contributed by atoms with Gasteiger partial charge < -0.3 is 0 Å². The Bertz CT molecular complexity index is 458. The normalized spacial score (nSPS) is 11.2. The molecular formula is C15H18N2O2S2. The summed E-state index contributed by atoms with van der Waals surface area (Å²) in [4.78, 5) is 27.1. The van der Waals surface area contributed by atoms with E-state index in [1.165, 1.54) is 5.56 Å². The summed E-state index contributed by atoms with van der Waals surface area (Å²) in [6.45, 7) is 1.08. The number of nitrogens with zero attached hydrogens (tertiary/aromatic N) is 2. The van der Waals surface area contributed by atoms with Crippen molar-refractivity contribution in [3.63, 3.8) is 0 Å². The molecule has 1 aromatic carbocycles. The highest BCUT2D eigenvalue weighted by atomic mass is 32.2. The van der Waals surface area contributed by atoms with Crippen LogP contribution >= 0.6 is 23.5 Å². The van der Waals surface area contributed by atoms with E-state index in [1.54, 1.807) is 12.2 Å². The molecular weight excluding hydrogens is 304 g/mol. The zero-order valence-corrected chi connectivity index (χ0v) is 13.4. The van der Waals surface area contributed by atoms with Gasteiger partial charge in [-0.1, -0.05) is 30.3 Å². The summed E-state index contributed by atoms with van der Waals surface area (Å²) in [6, 6.07) is 10.3. The number of carbonyl (C=O) groups excluding carboxylic acids is 2. The molecule has 0 saturated heterocycles. The summed E-state index contributed by atoms with van der Waals surface area (Å²) in [5.41, 5.74) is 1.28. The number of hydrogen-bond acceptors (Lipinski definition) is 6. The summed E-state index contributed by atoms with van der Waals surface area (Å²) in [5.74, 6) is 1.90. The summed E-state index contributed by atoms with van der Waals surface area (Å²) < 4.78 is 0.353. The minimum atomic E-state index is 0.353. The molecule has 0 unspecified atom stereocenters. The first kappa shape index (κ1) is 17.7. The topological polar surface area (TPSA) is 58.9 Å². The third-order valence-electron chi connectivity index (χ3n) is 2.57. The lowest BCUT2D eigenvalue weighted by Crippen LogP contribution is -1.95. The molecule has 0 aliphatic carbocycles. The second-order valence-electron chi connectivity index (χ2n) is 4.14. The van der Waals surface area contributed by atoms with Gasteiger partial charge in [0.15, 0.2) is 0 Å². The van der Waals surface area contributed by atoms with Crippen LogP contribution in [0.2, 0.25) is 0 Å². The zero-order chi connectivity index (χ0) is 15.2. The molecule has 0 amide bonds. The van der Waals surface area contributed by atoms with E-state index in [1.807, 2.05) is 41.7 Å². The predicted octanol–water partition coefficient (Wildman–Crippen LogP) is 3.60. The van der Waals surface area contributed by atoms with Crippen LogP contribution in [0.15, 0.2) is 40.3 Å². The Hall–Kier alpha value is -1.32. The van der Waals surface area contributed by atoms with Gasteiger partial charge in [-0.05, 0) is 29.9 Å². The van der Waals surface area contributed by atoms with Crippen LogP contribution in [-0.4, -0.2) is 36.8 Å². The van der Waals surface area contributed by atoms with Crippen molar-refractivity contribution in [2.24, 2.45) is 9.98 Å². The van der Waals surface area contributed by atoms with Crippen LogP contribution in [0.3, 0.4) is 0 Å². The predicted molar refractivity (Wildman–Crippen MR) is 89.3 cm³/mol. The minimum absolute atomic E-state index is 0.353. The molecule has 0 radical (unpaired) electrons. The summed E-state index contributed by atoms with van der Waals surface area (Å²) in [6.07, 6.45) is 4.87. The summed E-state index contributed by atoms with van der Waals surface area (Å²) in [5, 5.41) is 0. The monoisotopic (exact) mass is 322 g/mol. The Labute approximate surface area is 133 Å². The summed E-state index contributed by atoms with van der Waals surface area (Å²) in [7, 11) is 0. The molecule has 1 aromatic rings. The van der Waals surface area contributed by atoms with Crippen LogP contribution in [0, 0.1) is 0 Å². The van der Waals surface area contributed by atoms with Crippen LogP contribution in [0.1, 0.15) is 23.0 Å². The van der Waals surface area contributed by atoms with Gasteiger partial charge in [-0.15, -0.1) is 23.5 Å². The first-order valence-corrected chi connectivity index (χ1v) is 8.83. The van der Waals surface area contributed by atoms with Crippen molar-refractivity contribution in [2.45, 2.75) is 17.4 Å². The van der Waals surface area contributed by atoms with E-state index < -0.39 is 0 Å². The SMILES string of the molecule is O=C=NCCCSC(SCCCN=C=O)c1ccccc1. The van der Waals surface area contributed by atoms with Crippen molar-refractivity contribution in [2.75, 3.05) is 24.6 Å². The number of rotatable bonds is 11. The van der Waals surface area contributed by atoms with Gasteiger partial charge in [-0.3, -0.25) is 0 Å². The third kappa shape index (κ3) is 8.53. The maximum Gasteiger partial charge on any atom is 0.234 e. The van der Waals surface area contributed by atoms with Gasteiger partial charge in [0, 0.05) is 0 Å². The number of hydrogen-bond donors (Lipinski definition) is 0. The van der Waals surface area contributed by atoms with Crippen molar-refractivity contribution in [1.82, 2.24) is 0 Å². The van der Waals surface area contributed by atoms with Gasteiger partial charge >= 0.3 is 0 Å². The molecule has 0 saturated carbocycles. The second kappa shape index (κ2) is 12.4. The van der Waals surface area contributed by atoms with E-state index in [9.17, 15) is 9.59 Å². The van der Waals surface area contributed by atoms with E-state index in [2.05, 4.69) is 22.1 Å². The molecule has 0 fully saturated rings. The van der Waals surface area contributed by atoms with Crippen molar-refractivity contribution >= 4 is 35.7 Å². The maximum atomic E-state index is 10.0. The molecule has 0 spiro atoms. The molecule has 112 valence electrons. The molecule has 21 heavy (non-hydrogen) atoms. The number of thioether (sulfide) groups is 2. The lowest BCUT2D eigenvalue weighted by Gasteiger charge is -2.16. The third-order valence-corrected chi connectivity index (χ3v) is 5.58. The van der Waals surface area contributed by atoms with Crippen LogP contribution in [0.4, 0.5) is 0 Å². The van der Waals surface area contributed by atoms with Crippen molar-refractivity contribution in [3.8, 4) is 0 Å². The molecule has 0 atom stereocenters. The van der Waals surface area contributed by atoms with Gasteiger partial charge in [0.25, 0.3) is 0 Å². The fraction of sp³-hybridized carbons (Fsp3) is 0.467. The first-order chi connectivity index (χ1) is 10.4. The molecule has 0 heterocycles. The van der Waals surface area contributed by atoms with E-state index in [-0.39, 0.29) is 0 Å². The van der Waals surface area contributed by atoms with Crippen molar-refractivity contribution in [1.29, 1.82) is 0 Å². The van der Waals surface area contributed by atoms with E-state index in [0.29, 0.717) is 17.7 Å².